The van der Waals surface area contributed by atoms with Crippen LogP contribution in [0.2, 0.25) is 0 Å². The Morgan fingerprint density at radius 2 is 0.973 bits per heavy atom. The highest BCUT2D eigenvalue weighted by atomic mass is 16.7. The molecule has 37 heavy (non-hydrogen) atoms. The lowest BCUT2D eigenvalue weighted by Gasteiger charge is -2.48. The topological polar surface area (TPSA) is 27.7 Å². The Labute approximate surface area is 235 Å². The van der Waals surface area contributed by atoms with Crippen LogP contribution in [0.15, 0.2) is 0 Å². The van der Waals surface area contributed by atoms with Crippen molar-refractivity contribution in [1.29, 1.82) is 0 Å². The van der Waals surface area contributed by atoms with Crippen molar-refractivity contribution in [2.45, 2.75) is 170 Å². The fraction of sp³-hybridized carbons (Fsp3) is 0.969. The second kappa shape index (κ2) is 28.9. The summed E-state index contributed by atoms with van der Waals surface area (Å²) in [4.78, 5) is 0. The van der Waals surface area contributed by atoms with Crippen LogP contribution in [0.3, 0.4) is 0 Å². The SMILES string of the molecule is CCCCOB(OCCCC)OC(CCC)C(CCC)[N+](CCCC)(CCCC)CCCC.[CH2-]CCC. The molecule has 0 N–H and O–H groups in total. The molecule has 4 nitrogen and oxygen atoms in total. The van der Waals surface area contributed by atoms with Crippen LogP contribution in [0.5, 0.6) is 0 Å². The Morgan fingerprint density at radius 1 is 0.568 bits per heavy atom. The molecule has 0 aliphatic carbocycles. The molecule has 0 radical (unpaired) electrons. The average Bonchev–Trinajstić information content (AvgIpc) is 2.91. The normalized spacial score (nSPS) is 13.2. The minimum absolute atomic E-state index is 0.189. The summed E-state index contributed by atoms with van der Waals surface area (Å²) in [5.41, 5.74) is 0. The van der Waals surface area contributed by atoms with Gasteiger partial charge in [-0.25, -0.2) is 0 Å². The highest BCUT2D eigenvalue weighted by Gasteiger charge is 2.42. The van der Waals surface area contributed by atoms with Gasteiger partial charge in [0.15, 0.2) is 0 Å². The van der Waals surface area contributed by atoms with Gasteiger partial charge >= 0.3 is 7.32 Å². The zero-order valence-electron chi connectivity index (χ0n) is 27.0. The van der Waals surface area contributed by atoms with E-state index >= 15 is 0 Å². The second-order valence-corrected chi connectivity index (χ2v) is 10.9. The van der Waals surface area contributed by atoms with E-state index in [-0.39, 0.29) is 6.10 Å². The third-order valence-corrected chi connectivity index (χ3v) is 7.30. The molecular formula is C32H70BNO3. The van der Waals surface area contributed by atoms with Gasteiger partial charge in [-0.3, -0.25) is 0 Å². The molecule has 0 spiro atoms. The van der Waals surface area contributed by atoms with Crippen molar-refractivity contribution in [1.82, 2.24) is 0 Å². The van der Waals surface area contributed by atoms with Gasteiger partial charge in [0.05, 0.1) is 25.7 Å². The summed E-state index contributed by atoms with van der Waals surface area (Å²) >= 11 is 0. The lowest BCUT2D eigenvalue weighted by Crippen LogP contribution is -2.62. The first kappa shape index (κ1) is 39.0. The maximum atomic E-state index is 6.78. The van der Waals surface area contributed by atoms with Crippen LogP contribution in [-0.4, -0.2) is 56.8 Å². The summed E-state index contributed by atoms with van der Waals surface area (Å²) in [5.74, 6) is 0. The quantitative estimate of drug-likeness (QED) is 0.0485. The van der Waals surface area contributed by atoms with E-state index in [1.54, 1.807) is 0 Å². The first-order valence-corrected chi connectivity index (χ1v) is 16.5. The summed E-state index contributed by atoms with van der Waals surface area (Å²) in [6.07, 6.45) is 19.2. The summed E-state index contributed by atoms with van der Waals surface area (Å²) in [6, 6.07) is 0.520. The molecule has 0 aromatic heterocycles. The Hall–Kier alpha value is -0.0951. The monoisotopic (exact) mass is 528 g/mol. The molecule has 0 bridgehead atoms. The van der Waals surface area contributed by atoms with Crippen LogP contribution >= 0.6 is 0 Å². The van der Waals surface area contributed by atoms with Gasteiger partial charge in [-0.05, 0) is 38.5 Å². The van der Waals surface area contributed by atoms with Crippen molar-refractivity contribution >= 4 is 7.32 Å². The fourth-order valence-electron chi connectivity index (χ4n) is 4.91. The van der Waals surface area contributed by atoms with E-state index in [4.69, 9.17) is 14.0 Å². The zero-order valence-corrected chi connectivity index (χ0v) is 27.0. The molecule has 0 saturated carbocycles. The molecule has 0 amide bonds. The van der Waals surface area contributed by atoms with Gasteiger partial charge < -0.3 is 25.4 Å². The number of unbranched alkanes of at least 4 members (excludes halogenated alkanes) is 6. The van der Waals surface area contributed by atoms with Crippen molar-refractivity contribution in [3.05, 3.63) is 6.92 Å². The average molecular weight is 528 g/mol. The Kier molecular flexibility index (Phi) is 30.5. The van der Waals surface area contributed by atoms with Crippen LogP contribution in [0.1, 0.15) is 158 Å². The smallest absolute Gasteiger partial charge is 0.386 e. The molecule has 0 aliphatic heterocycles. The van der Waals surface area contributed by atoms with Crippen molar-refractivity contribution < 1.29 is 18.4 Å². The molecule has 0 aromatic carbocycles. The van der Waals surface area contributed by atoms with Crippen molar-refractivity contribution in [2.24, 2.45) is 0 Å². The third-order valence-electron chi connectivity index (χ3n) is 7.30. The number of rotatable bonds is 26. The van der Waals surface area contributed by atoms with Crippen LogP contribution in [-0.2, 0) is 14.0 Å². The van der Waals surface area contributed by atoms with Crippen LogP contribution in [0, 0.1) is 6.92 Å². The maximum Gasteiger partial charge on any atom is 0.639 e. The largest absolute Gasteiger partial charge is 0.639 e. The van der Waals surface area contributed by atoms with E-state index in [9.17, 15) is 0 Å². The van der Waals surface area contributed by atoms with Gasteiger partial charge in [0.1, 0.15) is 6.04 Å². The van der Waals surface area contributed by atoms with Crippen molar-refractivity contribution in [3.8, 4) is 0 Å². The maximum absolute atomic E-state index is 6.78. The lowest BCUT2D eigenvalue weighted by molar-refractivity contribution is -0.955. The molecule has 2 atom stereocenters. The van der Waals surface area contributed by atoms with E-state index in [1.165, 1.54) is 81.9 Å². The van der Waals surface area contributed by atoms with Gasteiger partial charge in [0.25, 0.3) is 0 Å². The van der Waals surface area contributed by atoms with Crippen LogP contribution < -0.4 is 0 Å². The first-order valence-electron chi connectivity index (χ1n) is 16.5. The summed E-state index contributed by atoms with van der Waals surface area (Å²) < 4.78 is 20.3. The van der Waals surface area contributed by atoms with E-state index in [0.29, 0.717) is 19.3 Å². The Bertz CT molecular complexity index is 404. The van der Waals surface area contributed by atoms with Gasteiger partial charge in [-0.15, -0.1) is 0 Å². The standard InChI is InChI=1S/C28H61BNO3.C4H9/c1-8-15-22-30(23-16-9-2,24-17-10-3)27(20-13-6)28(21-14-7)33-29(31-25-18-11-4)32-26-19-12-5;1-3-4-2/h27-28H,8-26H2,1-7H3;1,3-4H2,2H3/q+1;-1. The van der Waals surface area contributed by atoms with Crippen LogP contribution in [0.25, 0.3) is 0 Å². The van der Waals surface area contributed by atoms with Gasteiger partial charge in [0.2, 0.25) is 0 Å². The molecule has 5 heteroatoms. The van der Waals surface area contributed by atoms with Gasteiger partial charge in [0, 0.05) is 19.6 Å². The number of hydrogen-bond acceptors (Lipinski definition) is 3. The summed E-state index contributed by atoms with van der Waals surface area (Å²) in [6.45, 7) is 27.0. The highest BCUT2D eigenvalue weighted by molar-refractivity contribution is 6.36. The minimum atomic E-state index is -0.524. The second-order valence-electron chi connectivity index (χ2n) is 10.9. The highest BCUT2D eigenvalue weighted by Crippen LogP contribution is 2.29. The van der Waals surface area contributed by atoms with Crippen molar-refractivity contribution in [2.75, 3.05) is 32.8 Å². The molecule has 0 rings (SSSR count). The van der Waals surface area contributed by atoms with Gasteiger partial charge in [-0.2, -0.15) is 6.42 Å². The van der Waals surface area contributed by atoms with E-state index in [2.05, 4.69) is 62.3 Å². The Balaban J connectivity index is 0. The minimum Gasteiger partial charge on any atom is -0.386 e. The molecule has 0 aliphatic rings. The predicted octanol–water partition coefficient (Wildman–Crippen LogP) is 9.80. The summed E-state index contributed by atoms with van der Waals surface area (Å²) in [5, 5.41) is 0. The van der Waals surface area contributed by atoms with Crippen LogP contribution in [0.4, 0.5) is 0 Å². The molecule has 0 heterocycles. The predicted molar refractivity (Wildman–Crippen MR) is 166 cm³/mol. The van der Waals surface area contributed by atoms with E-state index in [0.717, 1.165) is 44.9 Å². The molecule has 0 fully saturated rings. The summed E-state index contributed by atoms with van der Waals surface area (Å²) in [7, 11) is -0.524. The first-order chi connectivity index (χ1) is 18.0. The third kappa shape index (κ3) is 19.6. The number of quaternary nitrogens is 1. The van der Waals surface area contributed by atoms with E-state index in [1.807, 2.05) is 0 Å². The number of hydrogen-bond donors (Lipinski definition) is 0. The molecule has 0 saturated heterocycles. The Morgan fingerprint density at radius 3 is 1.30 bits per heavy atom. The zero-order chi connectivity index (χ0) is 28.2. The van der Waals surface area contributed by atoms with Gasteiger partial charge in [-0.1, -0.05) is 107 Å². The molecule has 2 unspecified atom stereocenters. The molecule has 224 valence electrons. The number of nitrogens with zero attached hydrogens (tertiary/aromatic N) is 1. The fourth-order valence-corrected chi connectivity index (χ4v) is 4.91. The molecule has 0 aromatic rings. The lowest BCUT2D eigenvalue weighted by atomic mass is 9.93. The van der Waals surface area contributed by atoms with E-state index < -0.39 is 7.32 Å². The van der Waals surface area contributed by atoms with Crippen molar-refractivity contribution in [3.63, 3.8) is 0 Å². The molecular weight excluding hydrogens is 457 g/mol.